The molecule has 2 aromatic carbocycles. The molecule has 0 bridgehead atoms. The first kappa shape index (κ1) is 23.4. The molecule has 0 atom stereocenters. The fraction of sp³-hybridized carbons (Fsp3) is 0.391. The van der Waals surface area contributed by atoms with Gasteiger partial charge < -0.3 is 15.5 Å². The van der Waals surface area contributed by atoms with E-state index < -0.39 is 5.82 Å². The molecule has 6 nitrogen and oxygen atoms in total. The molecule has 0 saturated carbocycles. The standard InChI is InChI=1S/C23H28BrFN4O2/c1-16-4-3-5-17(2)23(16)27-22(31)15-29-12-10-28(11-13-29)9-8-21(30)26-20-7-6-18(24)14-19(20)25/h3-7,14H,8-13,15H2,1-2H3,(H,26,30)(H,27,31). The molecule has 166 valence electrons. The largest absolute Gasteiger partial charge is 0.324 e. The molecule has 0 aliphatic carbocycles. The Kier molecular flexibility index (Phi) is 8.17. The number of carbonyl (C=O) groups excluding carboxylic acids is 2. The Labute approximate surface area is 190 Å². The van der Waals surface area contributed by atoms with Crippen LogP contribution in [-0.2, 0) is 9.59 Å². The third kappa shape index (κ3) is 6.85. The molecule has 0 unspecified atom stereocenters. The molecule has 8 heteroatoms. The van der Waals surface area contributed by atoms with Gasteiger partial charge in [-0.1, -0.05) is 34.1 Å². The Morgan fingerprint density at radius 2 is 1.61 bits per heavy atom. The van der Waals surface area contributed by atoms with Crippen molar-refractivity contribution in [2.75, 3.05) is 49.9 Å². The van der Waals surface area contributed by atoms with Gasteiger partial charge in [-0.3, -0.25) is 14.5 Å². The van der Waals surface area contributed by atoms with Crippen molar-refractivity contribution in [1.82, 2.24) is 9.80 Å². The molecule has 1 fully saturated rings. The van der Waals surface area contributed by atoms with Crippen LogP contribution in [0.4, 0.5) is 15.8 Å². The van der Waals surface area contributed by atoms with Crippen molar-refractivity contribution < 1.29 is 14.0 Å². The summed E-state index contributed by atoms with van der Waals surface area (Å²) in [5, 5.41) is 5.65. The van der Waals surface area contributed by atoms with Crippen molar-refractivity contribution in [3.8, 4) is 0 Å². The Morgan fingerprint density at radius 3 is 2.26 bits per heavy atom. The topological polar surface area (TPSA) is 64.7 Å². The molecule has 1 heterocycles. The van der Waals surface area contributed by atoms with Crippen LogP contribution in [0.1, 0.15) is 17.5 Å². The van der Waals surface area contributed by atoms with E-state index in [-0.39, 0.29) is 17.5 Å². The summed E-state index contributed by atoms with van der Waals surface area (Å²) in [6.45, 7) is 8.04. The number of nitrogens with one attached hydrogen (secondary N) is 2. The molecular formula is C23H28BrFN4O2. The van der Waals surface area contributed by atoms with Crippen molar-refractivity contribution >= 4 is 39.1 Å². The first-order valence-electron chi connectivity index (χ1n) is 10.4. The van der Waals surface area contributed by atoms with Crippen molar-refractivity contribution in [3.63, 3.8) is 0 Å². The van der Waals surface area contributed by atoms with Gasteiger partial charge in [0.2, 0.25) is 11.8 Å². The first-order valence-corrected chi connectivity index (χ1v) is 11.2. The van der Waals surface area contributed by atoms with Gasteiger partial charge in [-0.2, -0.15) is 0 Å². The minimum Gasteiger partial charge on any atom is -0.324 e. The molecule has 1 aliphatic heterocycles. The van der Waals surface area contributed by atoms with Crippen molar-refractivity contribution in [3.05, 3.63) is 57.8 Å². The second-order valence-electron chi connectivity index (χ2n) is 7.86. The third-order valence-electron chi connectivity index (χ3n) is 5.44. The zero-order chi connectivity index (χ0) is 22.4. The predicted molar refractivity (Wildman–Crippen MR) is 125 cm³/mol. The van der Waals surface area contributed by atoms with Gasteiger partial charge in [0.15, 0.2) is 0 Å². The fourth-order valence-electron chi connectivity index (χ4n) is 3.63. The smallest absolute Gasteiger partial charge is 0.238 e. The number of hydrogen-bond donors (Lipinski definition) is 2. The number of halogens is 2. The lowest BCUT2D eigenvalue weighted by Crippen LogP contribution is -2.49. The number of benzene rings is 2. The van der Waals surface area contributed by atoms with Gasteiger partial charge >= 0.3 is 0 Å². The molecule has 31 heavy (non-hydrogen) atoms. The van der Waals surface area contributed by atoms with Gasteiger partial charge in [-0.15, -0.1) is 0 Å². The lowest BCUT2D eigenvalue weighted by Gasteiger charge is -2.34. The molecule has 2 N–H and O–H groups in total. The van der Waals surface area contributed by atoms with Gasteiger partial charge in [0.1, 0.15) is 5.82 Å². The van der Waals surface area contributed by atoms with Crippen LogP contribution in [0.15, 0.2) is 40.9 Å². The normalized spacial score (nSPS) is 15.0. The van der Waals surface area contributed by atoms with E-state index in [0.29, 0.717) is 24.0 Å². The predicted octanol–water partition coefficient (Wildman–Crippen LogP) is 3.79. The van der Waals surface area contributed by atoms with Crippen molar-refractivity contribution in [2.24, 2.45) is 0 Å². The zero-order valence-electron chi connectivity index (χ0n) is 17.9. The summed E-state index contributed by atoms with van der Waals surface area (Å²) < 4.78 is 14.5. The minimum absolute atomic E-state index is 0.0123. The van der Waals surface area contributed by atoms with E-state index in [4.69, 9.17) is 0 Å². The molecule has 0 aromatic heterocycles. The SMILES string of the molecule is Cc1cccc(C)c1NC(=O)CN1CCN(CCC(=O)Nc2ccc(Br)cc2F)CC1. The molecule has 1 saturated heterocycles. The van der Waals surface area contributed by atoms with Gasteiger partial charge in [0.05, 0.1) is 12.2 Å². The van der Waals surface area contributed by atoms with Crippen LogP contribution < -0.4 is 10.6 Å². The quantitative estimate of drug-likeness (QED) is 0.619. The maximum Gasteiger partial charge on any atom is 0.238 e. The molecule has 3 rings (SSSR count). The van der Waals surface area contributed by atoms with Gasteiger partial charge in [-0.05, 0) is 43.2 Å². The zero-order valence-corrected chi connectivity index (χ0v) is 19.5. The lowest BCUT2D eigenvalue weighted by atomic mass is 10.1. The number of piperazine rings is 1. The summed E-state index contributed by atoms with van der Waals surface area (Å²) in [5.74, 6) is -0.686. The minimum atomic E-state index is -0.462. The molecule has 1 aliphatic rings. The molecular weight excluding hydrogens is 463 g/mol. The first-order chi connectivity index (χ1) is 14.8. The van der Waals surface area contributed by atoms with E-state index in [1.165, 1.54) is 6.07 Å². The van der Waals surface area contributed by atoms with E-state index >= 15 is 0 Å². The maximum absolute atomic E-state index is 13.8. The van der Waals surface area contributed by atoms with Crippen LogP contribution in [0.25, 0.3) is 0 Å². The van der Waals surface area contributed by atoms with Crippen LogP contribution in [0.3, 0.4) is 0 Å². The summed E-state index contributed by atoms with van der Waals surface area (Å²) in [7, 11) is 0. The van der Waals surface area contributed by atoms with Crippen LogP contribution in [0.5, 0.6) is 0 Å². The van der Waals surface area contributed by atoms with E-state index in [1.807, 2.05) is 32.0 Å². The fourth-order valence-corrected chi connectivity index (χ4v) is 3.96. The molecule has 2 aromatic rings. The number of amides is 2. The highest BCUT2D eigenvalue weighted by molar-refractivity contribution is 9.10. The highest BCUT2D eigenvalue weighted by atomic mass is 79.9. The Balaban J connectivity index is 1.38. The summed E-state index contributed by atoms with van der Waals surface area (Å²) in [5.41, 5.74) is 3.19. The highest BCUT2D eigenvalue weighted by Crippen LogP contribution is 2.20. The maximum atomic E-state index is 13.8. The van der Waals surface area contributed by atoms with Gasteiger partial charge in [-0.25, -0.2) is 4.39 Å². The van der Waals surface area contributed by atoms with Crippen LogP contribution in [-0.4, -0.2) is 60.9 Å². The second kappa shape index (κ2) is 10.8. The number of anilines is 2. The molecule has 2 amide bonds. The van der Waals surface area contributed by atoms with Crippen LogP contribution in [0.2, 0.25) is 0 Å². The van der Waals surface area contributed by atoms with E-state index in [9.17, 15) is 14.0 Å². The second-order valence-corrected chi connectivity index (χ2v) is 8.77. The Morgan fingerprint density at radius 1 is 0.968 bits per heavy atom. The van der Waals surface area contributed by atoms with Gasteiger partial charge in [0, 0.05) is 49.3 Å². The average Bonchev–Trinajstić information content (AvgIpc) is 2.72. The van der Waals surface area contributed by atoms with E-state index in [0.717, 1.165) is 43.0 Å². The third-order valence-corrected chi connectivity index (χ3v) is 5.93. The Hall–Kier alpha value is -2.29. The van der Waals surface area contributed by atoms with E-state index in [2.05, 4.69) is 36.4 Å². The monoisotopic (exact) mass is 490 g/mol. The number of aryl methyl sites for hydroxylation is 2. The summed E-state index contributed by atoms with van der Waals surface area (Å²) >= 11 is 3.20. The number of carbonyl (C=O) groups is 2. The van der Waals surface area contributed by atoms with Crippen molar-refractivity contribution in [1.29, 1.82) is 0 Å². The van der Waals surface area contributed by atoms with Crippen LogP contribution >= 0.6 is 15.9 Å². The average molecular weight is 491 g/mol. The summed E-state index contributed by atoms with van der Waals surface area (Å²) in [4.78, 5) is 28.9. The summed E-state index contributed by atoms with van der Waals surface area (Å²) in [6, 6.07) is 10.5. The number of para-hydroxylation sites is 1. The van der Waals surface area contributed by atoms with Crippen LogP contribution in [0, 0.1) is 19.7 Å². The molecule has 0 radical (unpaired) electrons. The van der Waals surface area contributed by atoms with E-state index in [1.54, 1.807) is 12.1 Å². The number of nitrogens with zero attached hydrogens (tertiary/aromatic N) is 2. The highest BCUT2D eigenvalue weighted by Gasteiger charge is 2.20. The number of hydrogen-bond acceptors (Lipinski definition) is 4. The summed E-state index contributed by atoms with van der Waals surface area (Å²) in [6.07, 6.45) is 0.294. The Bertz CT molecular complexity index is 925. The van der Waals surface area contributed by atoms with Gasteiger partial charge in [0.25, 0.3) is 0 Å². The number of rotatable bonds is 7. The lowest BCUT2D eigenvalue weighted by molar-refractivity contribution is -0.117. The molecule has 0 spiro atoms. The van der Waals surface area contributed by atoms with Crippen molar-refractivity contribution in [2.45, 2.75) is 20.3 Å².